The first-order valence-corrected chi connectivity index (χ1v) is 9.98. The monoisotopic (exact) mass is 374 g/mol. The van der Waals surface area contributed by atoms with Crippen molar-refractivity contribution in [3.8, 4) is 0 Å². The maximum absolute atomic E-state index is 4.72. The van der Waals surface area contributed by atoms with Crippen LogP contribution in [0.4, 0.5) is 0 Å². The number of aromatic nitrogens is 5. The number of hydrogen-bond acceptors (Lipinski definition) is 3. The number of aryl methyl sites for hydroxylation is 2. The molecule has 0 saturated carbocycles. The zero-order valence-electron chi connectivity index (χ0n) is 16.7. The standard InChI is InChI=1S/C22H26N6/c1-4-27-9-7-16-5-6-17(11-20(16)27)22-21-19(23-14-24-21)8-10-28(22)13-18-12-25-26(3)15(18)2/h5-7,9,11-12,14,22H,4,8,10,13H2,1-3H3,(H,23,24). The largest absolute Gasteiger partial charge is 0.348 e. The molecule has 0 saturated heterocycles. The van der Waals surface area contributed by atoms with Gasteiger partial charge in [0.1, 0.15) is 0 Å². The lowest BCUT2D eigenvalue weighted by Gasteiger charge is -2.35. The zero-order valence-corrected chi connectivity index (χ0v) is 16.7. The van der Waals surface area contributed by atoms with Crippen molar-refractivity contribution < 1.29 is 0 Å². The van der Waals surface area contributed by atoms with Crippen molar-refractivity contribution in [3.63, 3.8) is 0 Å². The van der Waals surface area contributed by atoms with Gasteiger partial charge in [0.15, 0.2) is 0 Å². The summed E-state index contributed by atoms with van der Waals surface area (Å²) in [5.74, 6) is 0. The molecule has 5 rings (SSSR count). The summed E-state index contributed by atoms with van der Waals surface area (Å²) in [5.41, 5.74) is 7.51. The number of nitrogens with one attached hydrogen (secondary N) is 1. The van der Waals surface area contributed by atoms with Gasteiger partial charge in [-0.1, -0.05) is 12.1 Å². The highest BCUT2D eigenvalue weighted by Gasteiger charge is 2.31. The molecule has 6 nitrogen and oxygen atoms in total. The lowest BCUT2D eigenvalue weighted by atomic mass is 9.94. The third-order valence-corrected chi connectivity index (χ3v) is 6.19. The molecule has 4 heterocycles. The number of benzene rings is 1. The second-order valence-electron chi connectivity index (χ2n) is 7.69. The molecule has 1 aliphatic rings. The maximum atomic E-state index is 4.72. The van der Waals surface area contributed by atoms with Crippen LogP contribution in [0, 0.1) is 6.92 Å². The summed E-state index contributed by atoms with van der Waals surface area (Å²) >= 11 is 0. The number of hydrogen-bond donors (Lipinski definition) is 1. The van der Waals surface area contributed by atoms with E-state index in [1.54, 1.807) is 0 Å². The molecular formula is C22H26N6. The van der Waals surface area contributed by atoms with E-state index in [1.165, 1.54) is 33.4 Å². The summed E-state index contributed by atoms with van der Waals surface area (Å²) < 4.78 is 4.26. The molecule has 0 amide bonds. The SMILES string of the molecule is CCn1ccc2ccc(C3c4nc[nH]c4CCN3Cc3cnn(C)c3C)cc21. The molecule has 1 atom stereocenters. The van der Waals surface area contributed by atoms with Crippen molar-refractivity contribution in [3.05, 3.63) is 71.2 Å². The van der Waals surface area contributed by atoms with E-state index in [4.69, 9.17) is 4.98 Å². The first-order chi connectivity index (χ1) is 13.7. The van der Waals surface area contributed by atoms with Crippen LogP contribution in [0.3, 0.4) is 0 Å². The summed E-state index contributed by atoms with van der Waals surface area (Å²) in [6.45, 7) is 7.19. The number of nitrogens with zero attached hydrogens (tertiary/aromatic N) is 5. The third kappa shape index (κ3) is 2.67. The molecule has 1 aromatic carbocycles. The Morgan fingerprint density at radius 3 is 2.93 bits per heavy atom. The van der Waals surface area contributed by atoms with Gasteiger partial charge in [-0.25, -0.2) is 4.98 Å². The number of aromatic amines is 1. The minimum absolute atomic E-state index is 0.152. The van der Waals surface area contributed by atoms with Gasteiger partial charge in [0, 0.05) is 61.8 Å². The van der Waals surface area contributed by atoms with E-state index in [0.29, 0.717) is 0 Å². The van der Waals surface area contributed by atoms with Crippen LogP contribution in [0.25, 0.3) is 10.9 Å². The molecular weight excluding hydrogens is 348 g/mol. The van der Waals surface area contributed by atoms with E-state index in [2.05, 4.69) is 63.9 Å². The summed E-state index contributed by atoms with van der Waals surface area (Å²) in [4.78, 5) is 10.6. The number of fused-ring (bicyclic) bond motifs is 2. The van der Waals surface area contributed by atoms with Gasteiger partial charge in [0.05, 0.1) is 24.3 Å². The van der Waals surface area contributed by atoms with Crippen LogP contribution in [0.1, 0.15) is 41.2 Å². The highest BCUT2D eigenvalue weighted by molar-refractivity contribution is 5.81. The average Bonchev–Trinajstić information content (AvgIpc) is 3.42. The minimum Gasteiger partial charge on any atom is -0.348 e. The first kappa shape index (κ1) is 17.3. The molecule has 1 N–H and O–H groups in total. The van der Waals surface area contributed by atoms with Crippen molar-refractivity contribution >= 4 is 10.9 Å². The Hall–Kier alpha value is -2.86. The number of rotatable bonds is 4. The second-order valence-corrected chi connectivity index (χ2v) is 7.69. The lowest BCUT2D eigenvalue weighted by molar-refractivity contribution is 0.200. The molecule has 1 aliphatic heterocycles. The fraction of sp³-hybridized carbons (Fsp3) is 0.364. The molecule has 0 bridgehead atoms. The normalized spacial score (nSPS) is 17.3. The summed E-state index contributed by atoms with van der Waals surface area (Å²) in [6, 6.07) is 9.20. The van der Waals surface area contributed by atoms with Crippen LogP contribution >= 0.6 is 0 Å². The van der Waals surface area contributed by atoms with E-state index in [1.807, 2.05) is 24.3 Å². The van der Waals surface area contributed by atoms with Gasteiger partial charge in [-0.3, -0.25) is 9.58 Å². The van der Waals surface area contributed by atoms with Crippen LogP contribution in [-0.4, -0.2) is 35.8 Å². The van der Waals surface area contributed by atoms with E-state index in [0.717, 1.165) is 31.7 Å². The van der Waals surface area contributed by atoms with Gasteiger partial charge in [0.25, 0.3) is 0 Å². The second kappa shape index (κ2) is 6.63. The van der Waals surface area contributed by atoms with Gasteiger partial charge in [0.2, 0.25) is 0 Å². The molecule has 0 spiro atoms. The molecule has 0 aliphatic carbocycles. The molecule has 3 aromatic heterocycles. The first-order valence-electron chi connectivity index (χ1n) is 9.98. The van der Waals surface area contributed by atoms with Crippen LogP contribution < -0.4 is 0 Å². The van der Waals surface area contributed by atoms with Crippen LogP contribution in [0.5, 0.6) is 0 Å². The van der Waals surface area contributed by atoms with Crippen LogP contribution in [0.2, 0.25) is 0 Å². The van der Waals surface area contributed by atoms with Crippen molar-refractivity contribution in [1.29, 1.82) is 0 Å². The zero-order chi connectivity index (χ0) is 19.3. The van der Waals surface area contributed by atoms with Gasteiger partial charge in [-0.15, -0.1) is 0 Å². The van der Waals surface area contributed by atoms with Gasteiger partial charge in [-0.05, 0) is 36.9 Å². The Labute approximate surface area is 164 Å². The molecule has 6 heteroatoms. The van der Waals surface area contributed by atoms with Crippen molar-refractivity contribution in [2.75, 3.05) is 6.54 Å². The molecule has 28 heavy (non-hydrogen) atoms. The van der Waals surface area contributed by atoms with Crippen LogP contribution in [-0.2, 0) is 26.6 Å². The fourth-order valence-electron chi connectivity index (χ4n) is 4.43. The van der Waals surface area contributed by atoms with E-state index in [-0.39, 0.29) is 6.04 Å². The Balaban J connectivity index is 1.59. The quantitative estimate of drug-likeness (QED) is 0.594. The average molecular weight is 374 g/mol. The van der Waals surface area contributed by atoms with Crippen molar-refractivity contribution in [1.82, 2.24) is 29.2 Å². The van der Waals surface area contributed by atoms with Gasteiger partial charge in [-0.2, -0.15) is 5.10 Å². The van der Waals surface area contributed by atoms with E-state index in [9.17, 15) is 0 Å². The topological polar surface area (TPSA) is 54.7 Å². The number of imidazole rings is 1. The highest BCUT2D eigenvalue weighted by Crippen LogP contribution is 2.36. The number of H-pyrrole nitrogens is 1. The summed E-state index contributed by atoms with van der Waals surface area (Å²) in [6.07, 6.45) is 7.01. The fourth-order valence-corrected chi connectivity index (χ4v) is 4.43. The van der Waals surface area contributed by atoms with Crippen molar-refractivity contribution in [2.45, 2.75) is 39.4 Å². The van der Waals surface area contributed by atoms with Gasteiger partial charge >= 0.3 is 0 Å². The molecule has 0 radical (unpaired) electrons. The van der Waals surface area contributed by atoms with Crippen LogP contribution in [0.15, 0.2) is 43.0 Å². The third-order valence-electron chi connectivity index (χ3n) is 6.19. The Morgan fingerprint density at radius 1 is 1.25 bits per heavy atom. The minimum atomic E-state index is 0.152. The summed E-state index contributed by atoms with van der Waals surface area (Å²) in [5, 5.41) is 5.73. The predicted molar refractivity (Wildman–Crippen MR) is 110 cm³/mol. The smallest absolute Gasteiger partial charge is 0.0926 e. The van der Waals surface area contributed by atoms with E-state index < -0.39 is 0 Å². The molecule has 0 fully saturated rings. The maximum Gasteiger partial charge on any atom is 0.0926 e. The Morgan fingerprint density at radius 2 is 2.14 bits per heavy atom. The highest BCUT2D eigenvalue weighted by atomic mass is 15.3. The van der Waals surface area contributed by atoms with Crippen molar-refractivity contribution in [2.24, 2.45) is 7.05 Å². The molecule has 4 aromatic rings. The lowest BCUT2D eigenvalue weighted by Crippen LogP contribution is -2.36. The Bertz CT molecular complexity index is 1130. The van der Waals surface area contributed by atoms with Gasteiger partial charge < -0.3 is 9.55 Å². The van der Waals surface area contributed by atoms with E-state index >= 15 is 0 Å². The Kier molecular flexibility index (Phi) is 4.09. The molecule has 144 valence electrons. The molecule has 1 unspecified atom stereocenters. The summed E-state index contributed by atoms with van der Waals surface area (Å²) in [7, 11) is 2.01. The predicted octanol–water partition coefficient (Wildman–Crippen LogP) is 3.57.